The van der Waals surface area contributed by atoms with Crippen molar-refractivity contribution >= 4 is 41.4 Å². The van der Waals surface area contributed by atoms with Crippen molar-refractivity contribution in [3.8, 4) is 0 Å². The van der Waals surface area contributed by atoms with E-state index in [0.717, 1.165) is 0 Å². The van der Waals surface area contributed by atoms with Crippen molar-refractivity contribution < 1.29 is 19.5 Å². The Hall–Kier alpha value is -2.06. The number of β-lactam (4-membered cyclic amide) rings is 1. The third kappa shape index (κ3) is 3.43. The van der Waals surface area contributed by atoms with Crippen LogP contribution in [-0.2, 0) is 16.1 Å². The van der Waals surface area contributed by atoms with Crippen LogP contribution in [0.4, 0.5) is 4.79 Å². The predicted molar refractivity (Wildman–Crippen MR) is 92.1 cm³/mol. The molecule has 6 N–H and O–H groups in total. The van der Waals surface area contributed by atoms with E-state index in [4.69, 9.17) is 11.5 Å². The Morgan fingerprint density at radius 2 is 2.27 bits per heavy atom. The molecule has 0 aromatic carbocycles. The van der Waals surface area contributed by atoms with E-state index in [1.54, 1.807) is 0 Å². The van der Waals surface area contributed by atoms with E-state index in [1.165, 1.54) is 33.1 Å². The Morgan fingerprint density at radius 1 is 1.50 bits per heavy atom. The summed E-state index contributed by atoms with van der Waals surface area (Å²) in [5.74, 6) is -0.647. The lowest BCUT2D eigenvalue weighted by Crippen LogP contribution is -2.72. The molecule has 142 valence electrons. The lowest BCUT2D eigenvalue weighted by molar-refractivity contribution is -0.155. The van der Waals surface area contributed by atoms with Gasteiger partial charge in [0.1, 0.15) is 16.8 Å². The van der Waals surface area contributed by atoms with Gasteiger partial charge in [0.15, 0.2) is 0 Å². The molecule has 2 aliphatic heterocycles. The van der Waals surface area contributed by atoms with Gasteiger partial charge in [-0.05, 0) is 10.4 Å². The first kappa shape index (κ1) is 18.7. The summed E-state index contributed by atoms with van der Waals surface area (Å²) in [4.78, 5) is 36.0. The number of primary amides is 1. The fourth-order valence-corrected chi connectivity index (χ4v) is 5.45. The number of carbonyl (C=O) groups excluding carboxylic acids is 2. The third-order valence-electron chi connectivity index (χ3n) is 4.24. The number of rotatable bonds is 7. The number of nitrogens with two attached hydrogens (primary N) is 2. The number of fused-ring (bicyclic) bond motifs is 1. The average molecular weight is 402 g/mol. The normalized spacial score (nSPS) is 27.6. The zero-order valence-electron chi connectivity index (χ0n) is 13.6. The number of amides is 3. The summed E-state index contributed by atoms with van der Waals surface area (Å²) in [6, 6.07) is -1.20. The summed E-state index contributed by atoms with van der Waals surface area (Å²) in [6.07, 6.45) is 0. The van der Waals surface area contributed by atoms with Crippen LogP contribution in [0.25, 0.3) is 0 Å². The molecule has 0 saturated carbocycles. The van der Waals surface area contributed by atoms with Crippen LogP contribution in [0, 0.1) is 5.41 Å². The van der Waals surface area contributed by atoms with Crippen molar-refractivity contribution in [2.75, 3.05) is 24.6 Å². The highest BCUT2D eigenvalue weighted by Crippen LogP contribution is 2.43. The zero-order chi connectivity index (χ0) is 18.9. The Labute approximate surface area is 156 Å². The number of aromatic nitrogens is 4. The van der Waals surface area contributed by atoms with Crippen LogP contribution in [0.5, 0.6) is 0 Å². The van der Waals surface area contributed by atoms with Gasteiger partial charge in [0.2, 0.25) is 11.1 Å². The van der Waals surface area contributed by atoms with E-state index in [1.807, 2.05) is 0 Å². The Kier molecular flexibility index (Phi) is 5.24. The van der Waals surface area contributed by atoms with Crippen molar-refractivity contribution in [3.05, 3.63) is 0 Å². The molecule has 3 atom stereocenters. The van der Waals surface area contributed by atoms with Crippen LogP contribution in [0.2, 0.25) is 0 Å². The molecule has 0 aliphatic carbocycles. The second-order valence-corrected chi connectivity index (χ2v) is 8.09. The molecule has 0 bridgehead atoms. The van der Waals surface area contributed by atoms with Crippen LogP contribution in [0.1, 0.15) is 0 Å². The molecule has 1 aromatic heterocycles. The summed E-state index contributed by atoms with van der Waals surface area (Å²) in [6.45, 7) is 0.661. The van der Waals surface area contributed by atoms with Crippen LogP contribution >= 0.6 is 23.5 Å². The Balaban J connectivity index is 1.64. The quantitative estimate of drug-likeness (QED) is 0.287. The number of nitrogens with zero attached hydrogens (tertiary/aromatic N) is 5. The number of carboxylic acid groups (broad SMARTS) is 1. The largest absolute Gasteiger partial charge is 0.481 e. The monoisotopic (exact) mass is 402 g/mol. The minimum absolute atomic E-state index is 0.115. The van der Waals surface area contributed by atoms with Crippen molar-refractivity contribution in [1.82, 2.24) is 30.4 Å². The van der Waals surface area contributed by atoms with Crippen LogP contribution in [0.3, 0.4) is 0 Å². The van der Waals surface area contributed by atoms with Gasteiger partial charge in [-0.25, -0.2) is 9.48 Å². The number of tetrazole rings is 1. The maximum absolute atomic E-state index is 11.9. The van der Waals surface area contributed by atoms with Gasteiger partial charge in [0.05, 0.1) is 6.54 Å². The minimum atomic E-state index is -1.11. The summed E-state index contributed by atoms with van der Waals surface area (Å²) in [7, 11) is 0. The second-order valence-electron chi connectivity index (χ2n) is 6.04. The third-order valence-corrected chi connectivity index (χ3v) is 7.10. The summed E-state index contributed by atoms with van der Waals surface area (Å²) in [5.41, 5.74) is 9.64. The Morgan fingerprint density at radius 3 is 2.96 bits per heavy atom. The van der Waals surface area contributed by atoms with E-state index in [-0.39, 0.29) is 30.1 Å². The molecule has 2 fully saturated rings. The molecule has 3 heterocycles. The molecule has 2 aliphatic rings. The molecule has 0 radical (unpaired) electrons. The summed E-state index contributed by atoms with van der Waals surface area (Å²) >= 11 is 2.58. The molecule has 3 amide bonds. The van der Waals surface area contributed by atoms with Crippen LogP contribution < -0.4 is 16.8 Å². The topological polar surface area (TPSA) is 182 Å². The van der Waals surface area contributed by atoms with Crippen molar-refractivity contribution in [2.24, 2.45) is 16.9 Å². The standard InChI is InChI=1S/C12H18N8O4S2/c13-6-7(21)19-3-12(9(22)23,4-25-8(6)19)5-26-11-16-17-18-20(11)2-1-15-10(14)24/h6,8H,1-5,13H2,(H,22,23)(H3,14,15,24)/t6?,8-,12?/m1/s1. The van der Waals surface area contributed by atoms with Gasteiger partial charge in [-0.1, -0.05) is 11.8 Å². The lowest BCUT2D eigenvalue weighted by atomic mass is 9.89. The molecule has 26 heavy (non-hydrogen) atoms. The smallest absolute Gasteiger partial charge is 0.313 e. The summed E-state index contributed by atoms with van der Waals surface area (Å²) < 4.78 is 1.46. The van der Waals surface area contributed by atoms with Gasteiger partial charge >= 0.3 is 12.0 Å². The van der Waals surface area contributed by atoms with E-state index in [0.29, 0.717) is 17.5 Å². The van der Waals surface area contributed by atoms with Crippen molar-refractivity contribution in [1.29, 1.82) is 0 Å². The SMILES string of the molecule is NC(=O)NCCn1nnnc1SCC1(C(=O)O)CS[C@@H]2C(N)C(=O)N2C1. The lowest BCUT2D eigenvalue weighted by Gasteiger charge is -2.52. The molecule has 1 aromatic rings. The first-order valence-corrected chi connectivity index (χ1v) is 9.71. The number of aliphatic carboxylic acids is 1. The number of hydrogen-bond acceptors (Lipinski definition) is 9. The number of nitrogens with one attached hydrogen (secondary N) is 1. The van der Waals surface area contributed by atoms with Crippen LogP contribution in [0.15, 0.2) is 5.16 Å². The molecule has 3 rings (SSSR count). The van der Waals surface area contributed by atoms with E-state index in [9.17, 15) is 19.5 Å². The molecule has 2 saturated heterocycles. The predicted octanol–water partition coefficient (Wildman–Crippen LogP) is -2.25. The molecular formula is C12H18N8O4S2. The highest BCUT2D eigenvalue weighted by molar-refractivity contribution is 8.00. The molecule has 2 unspecified atom stereocenters. The van der Waals surface area contributed by atoms with Gasteiger partial charge < -0.3 is 26.8 Å². The minimum Gasteiger partial charge on any atom is -0.481 e. The average Bonchev–Trinajstić information content (AvgIpc) is 3.06. The van der Waals surface area contributed by atoms with Gasteiger partial charge in [0.25, 0.3) is 0 Å². The first-order chi connectivity index (χ1) is 12.3. The van der Waals surface area contributed by atoms with Crippen LogP contribution in [-0.4, -0.2) is 84.1 Å². The number of carbonyl (C=O) groups is 3. The Bertz CT molecular complexity index is 730. The highest BCUT2D eigenvalue weighted by atomic mass is 32.2. The molecule has 0 spiro atoms. The number of thioether (sulfide) groups is 2. The van der Waals surface area contributed by atoms with Gasteiger partial charge in [-0.2, -0.15) is 0 Å². The van der Waals surface area contributed by atoms with Gasteiger partial charge in [-0.15, -0.1) is 16.9 Å². The fourth-order valence-electron chi connectivity index (χ4n) is 2.74. The highest BCUT2D eigenvalue weighted by Gasteiger charge is 2.55. The fraction of sp³-hybridized carbons (Fsp3) is 0.667. The van der Waals surface area contributed by atoms with Gasteiger partial charge in [0, 0.05) is 24.6 Å². The van der Waals surface area contributed by atoms with E-state index >= 15 is 0 Å². The van der Waals surface area contributed by atoms with Crippen molar-refractivity contribution in [3.63, 3.8) is 0 Å². The van der Waals surface area contributed by atoms with Gasteiger partial charge in [-0.3, -0.25) is 9.59 Å². The van der Waals surface area contributed by atoms with E-state index < -0.39 is 23.5 Å². The van der Waals surface area contributed by atoms with Crippen molar-refractivity contribution in [2.45, 2.75) is 23.1 Å². The maximum Gasteiger partial charge on any atom is 0.313 e. The number of hydrogen-bond donors (Lipinski definition) is 4. The number of urea groups is 1. The first-order valence-electron chi connectivity index (χ1n) is 7.67. The molecule has 12 nitrogen and oxygen atoms in total. The number of carboxylic acids is 1. The second kappa shape index (κ2) is 7.28. The zero-order valence-corrected chi connectivity index (χ0v) is 15.2. The molecular weight excluding hydrogens is 384 g/mol. The maximum atomic E-state index is 11.9. The molecule has 14 heteroatoms. The van der Waals surface area contributed by atoms with E-state index in [2.05, 4.69) is 20.8 Å². The summed E-state index contributed by atoms with van der Waals surface area (Å²) in [5, 5.41) is 23.7.